The zero-order valence-corrected chi connectivity index (χ0v) is 18.7. The number of nitrogens with zero attached hydrogens (tertiary/aromatic N) is 1. The smallest absolute Gasteiger partial charge is 0.255 e. The Morgan fingerprint density at radius 3 is 2.09 bits per heavy atom. The predicted octanol–water partition coefficient (Wildman–Crippen LogP) is 4.97. The molecule has 6 heteroatoms. The van der Waals surface area contributed by atoms with Crippen LogP contribution in [0.15, 0.2) is 78.9 Å². The lowest BCUT2D eigenvalue weighted by atomic mass is 10.1. The summed E-state index contributed by atoms with van der Waals surface area (Å²) in [5.41, 5.74) is 3.00. The van der Waals surface area contributed by atoms with Crippen molar-refractivity contribution in [1.29, 1.82) is 0 Å². The van der Waals surface area contributed by atoms with Crippen molar-refractivity contribution in [2.75, 3.05) is 30.8 Å². The Labute approximate surface area is 189 Å². The van der Waals surface area contributed by atoms with Crippen LogP contribution in [0.25, 0.3) is 0 Å². The molecule has 0 aliphatic heterocycles. The first kappa shape index (κ1) is 23.0. The number of rotatable bonds is 9. The van der Waals surface area contributed by atoms with E-state index in [9.17, 15) is 9.59 Å². The Hall–Kier alpha value is -3.64. The Kier molecular flexibility index (Phi) is 8.00. The van der Waals surface area contributed by atoms with Crippen molar-refractivity contribution in [3.8, 4) is 5.75 Å². The summed E-state index contributed by atoms with van der Waals surface area (Å²) in [4.78, 5) is 26.9. The first-order valence-corrected chi connectivity index (χ1v) is 10.7. The van der Waals surface area contributed by atoms with Crippen molar-refractivity contribution in [3.63, 3.8) is 0 Å². The monoisotopic (exact) mass is 431 g/mol. The molecule has 0 saturated carbocycles. The topological polar surface area (TPSA) is 70.7 Å². The predicted molar refractivity (Wildman–Crippen MR) is 128 cm³/mol. The number of hydrogen-bond acceptors (Lipinski definition) is 4. The molecule has 0 aliphatic carbocycles. The van der Waals surface area contributed by atoms with E-state index in [1.165, 1.54) is 0 Å². The average Bonchev–Trinajstić information content (AvgIpc) is 2.81. The van der Waals surface area contributed by atoms with Gasteiger partial charge in [-0.2, -0.15) is 0 Å². The van der Waals surface area contributed by atoms with E-state index in [1.807, 2.05) is 49.2 Å². The molecule has 0 aromatic heterocycles. The van der Waals surface area contributed by atoms with Crippen LogP contribution in [0.1, 0.15) is 35.8 Å². The zero-order chi connectivity index (χ0) is 22.9. The maximum Gasteiger partial charge on any atom is 0.255 e. The van der Waals surface area contributed by atoms with E-state index in [4.69, 9.17) is 4.74 Å². The lowest BCUT2D eigenvalue weighted by Gasteiger charge is -2.24. The van der Waals surface area contributed by atoms with Crippen LogP contribution in [0.3, 0.4) is 0 Å². The van der Waals surface area contributed by atoms with Gasteiger partial charge in [0.25, 0.3) is 5.91 Å². The number of hydrogen-bond donors (Lipinski definition) is 2. The summed E-state index contributed by atoms with van der Waals surface area (Å²) >= 11 is 0. The van der Waals surface area contributed by atoms with Gasteiger partial charge in [0.05, 0.1) is 13.2 Å². The first-order chi connectivity index (χ1) is 15.5. The first-order valence-electron chi connectivity index (χ1n) is 10.7. The number of likely N-dealkylation sites (N-methyl/N-ethyl adjacent to an activating group) is 1. The minimum absolute atomic E-state index is 0.109. The Morgan fingerprint density at radius 2 is 1.47 bits per heavy atom. The fourth-order valence-corrected chi connectivity index (χ4v) is 3.26. The van der Waals surface area contributed by atoms with Crippen molar-refractivity contribution in [2.24, 2.45) is 0 Å². The molecule has 32 heavy (non-hydrogen) atoms. The third kappa shape index (κ3) is 6.43. The zero-order valence-electron chi connectivity index (χ0n) is 18.7. The van der Waals surface area contributed by atoms with E-state index < -0.39 is 0 Å². The van der Waals surface area contributed by atoms with Crippen LogP contribution in [-0.2, 0) is 4.79 Å². The van der Waals surface area contributed by atoms with E-state index in [2.05, 4.69) is 29.7 Å². The number of nitrogens with one attached hydrogen (secondary N) is 2. The van der Waals surface area contributed by atoms with Gasteiger partial charge >= 0.3 is 0 Å². The molecule has 0 unspecified atom stereocenters. The van der Waals surface area contributed by atoms with Crippen molar-refractivity contribution >= 4 is 23.2 Å². The van der Waals surface area contributed by atoms with Crippen LogP contribution in [0.2, 0.25) is 0 Å². The molecule has 6 nitrogen and oxygen atoms in total. The Balaban J connectivity index is 1.52. The van der Waals surface area contributed by atoms with Crippen LogP contribution in [-0.4, -0.2) is 36.9 Å². The molecule has 3 aromatic carbocycles. The molecule has 0 aliphatic rings. The maximum absolute atomic E-state index is 12.5. The fraction of sp³-hybridized carbons (Fsp3) is 0.231. The lowest BCUT2D eigenvalue weighted by Crippen LogP contribution is -2.32. The van der Waals surface area contributed by atoms with Gasteiger partial charge in [-0.25, -0.2) is 0 Å². The van der Waals surface area contributed by atoms with Gasteiger partial charge in [-0.15, -0.1) is 0 Å². The maximum atomic E-state index is 12.5. The van der Waals surface area contributed by atoms with Crippen LogP contribution in [0.5, 0.6) is 5.75 Å². The highest BCUT2D eigenvalue weighted by Crippen LogP contribution is 2.19. The van der Waals surface area contributed by atoms with E-state index in [0.717, 1.165) is 11.3 Å². The van der Waals surface area contributed by atoms with Gasteiger partial charge in [0.1, 0.15) is 5.75 Å². The van der Waals surface area contributed by atoms with E-state index in [0.29, 0.717) is 23.5 Å². The number of ether oxygens (including phenoxy) is 1. The van der Waals surface area contributed by atoms with Crippen molar-refractivity contribution in [1.82, 2.24) is 4.90 Å². The Morgan fingerprint density at radius 1 is 0.875 bits per heavy atom. The summed E-state index contributed by atoms with van der Waals surface area (Å²) in [6.45, 7) is 4.85. The van der Waals surface area contributed by atoms with Crippen LogP contribution < -0.4 is 15.4 Å². The summed E-state index contributed by atoms with van der Waals surface area (Å²) < 4.78 is 5.40. The summed E-state index contributed by atoms with van der Waals surface area (Å²) in [6, 6.07) is 24.2. The minimum Gasteiger partial charge on any atom is -0.494 e. The van der Waals surface area contributed by atoms with E-state index in [1.54, 1.807) is 36.4 Å². The molecular formula is C26H29N3O3. The molecule has 3 rings (SSSR count). The van der Waals surface area contributed by atoms with E-state index >= 15 is 0 Å². The molecule has 0 heterocycles. The second-order valence-electron chi connectivity index (χ2n) is 7.54. The molecular weight excluding hydrogens is 402 g/mol. The molecule has 166 valence electrons. The van der Waals surface area contributed by atoms with Crippen molar-refractivity contribution in [2.45, 2.75) is 19.9 Å². The normalized spacial score (nSPS) is 11.6. The van der Waals surface area contributed by atoms with Crippen LogP contribution >= 0.6 is 0 Å². The minimum atomic E-state index is -0.219. The Bertz CT molecular complexity index is 1020. The van der Waals surface area contributed by atoms with Gasteiger partial charge in [-0.1, -0.05) is 30.3 Å². The summed E-state index contributed by atoms with van der Waals surface area (Å²) in [5, 5.41) is 5.74. The van der Waals surface area contributed by atoms with Gasteiger partial charge in [-0.05, 0) is 75.0 Å². The number of carbonyl (C=O) groups excluding carboxylic acids is 2. The quantitative estimate of drug-likeness (QED) is 0.502. The molecule has 0 fully saturated rings. The molecule has 0 spiro atoms. The number of benzene rings is 3. The largest absolute Gasteiger partial charge is 0.494 e. The molecule has 0 saturated heterocycles. The van der Waals surface area contributed by atoms with Crippen molar-refractivity contribution < 1.29 is 14.3 Å². The van der Waals surface area contributed by atoms with Gasteiger partial charge in [0.15, 0.2) is 0 Å². The second-order valence-corrected chi connectivity index (χ2v) is 7.54. The van der Waals surface area contributed by atoms with Gasteiger partial charge < -0.3 is 15.4 Å². The average molecular weight is 432 g/mol. The van der Waals surface area contributed by atoms with E-state index in [-0.39, 0.29) is 24.4 Å². The third-order valence-electron chi connectivity index (χ3n) is 5.19. The van der Waals surface area contributed by atoms with Crippen LogP contribution in [0, 0.1) is 0 Å². The fourth-order valence-electron chi connectivity index (χ4n) is 3.26. The number of anilines is 2. The summed E-state index contributed by atoms with van der Waals surface area (Å²) in [7, 11) is 1.92. The lowest BCUT2D eigenvalue weighted by molar-refractivity contribution is -0.117. The number of amides is 2. The van der Waals surface area contributed by atoms with Gasteiger partial charge in [0, 0.05) is 23.0 Å². The molecule has 0 bridgehead atoms. The van der Waals surface area contributed by atoms with Crippen molar-refractivity contribution in [3.05, 3.63) is 90.0 Å². The molecule has 2 amide bonds. The van der Waals surface area contributed by atoms with Gasteiger partial charge in [0.2, 0.25) is 5.91 Å². The highest BCUT2D eigenvalue weighted by molar-refractivity contribution is 6.04. The summed E-state index contributed by atoms with van der Waals surface area (Å²) in [5.74, 6) is 0.430. The van der Waals surface area contributed by atoms with Gasteiger partial charge in [-0.3, -0.25) is 14.5 Å². The molecule has 2 N–H and O–H groups in total. The molecule has 1 atom stereocenters. The van der Waals surface area contributed by atoms with Crippen LogP contribution in [0.4, 0.5) is 11.4 Å². The third-order valence-corrected chi connectivity index (χ3v) is 5.19. The second kappa shape index (κ2) is 11.1. The number of carbonyl (C=O) groups is 2. The highest BCUT2D eigenvalue weighted by Gasteiger charge is 2.15. The standard InChI is InChI=1S/C26H29N3O3/c1-4-32-24-16-14-23(15-17-24)28-26(31)21-10-12-22(13-11-21)27-25(30)18-29(3)19(2)20-8-6-5-7-9-20/h5-17,19H,4,18H2,1-3H3,(H,27,30)(H,28,31)/t19-/m0/s1. The molecule has 3 aromatic rings. The molecule has 0 radical (unpaired) electrons. The highest BCUT2D eigenvalue weighted by atomic mass is 16.5. The summed E-state index contributed by atoms with van der Waals surface area (Å²) in [6.07, 6.45) is 0. The SMILES string of the molecule is CCOc1ccc(NC(=O)c2ccc(NC(=O)CN(C)[C@@H](C)c3ccccc3)cc2)cc1.